The predicted molar refractivity (Wildman–Crippen MR) is 73.7 cm³/mol. The van der Waals surface area contributed by atoms with Crippen LogP contribution in [0.4, 0.5) is 5.69 Å². The summed E-state index contributed by atoms with van der Waals surface area (Å²) in [5, 5.41) is 0. The Morgan fingerprint density at radius 2 is 1.94 bits per heavy atom. The van der Waals surface area contributed by atoms with Crippen molar-refractivity contribution in [3.05, 3.63) is 29.8 Å². The number of anilines is 1. The van der Waals surface area contributed by atoms with Crippen LogP contribution in [0, 0.1) is 5.92 Å². The molecule has 3 rings (SSSR count). The average molecular weight is 250 g/mol. The van der Waals surface area contributed by atoms with E-state index in [1.165, 1.54) is 49.9 Å². The van der Waals surface area contributed by atoms with Gasteiger partial charge in [-0.3, -0.25) is 0 Å². The number of halogens is 1. The lowest BCUT2D eigenvalue weighted by Crippen LogP contribution is -2.35. The number of alkyl halides is 1. The van der Waals surface area contributed by atoms with Crippen molar-refractivity contribution in [1.82, 2.24) is 0 Å². The fourth-order valence-corrected chi connectivity index (χ4v) is 3.83. The summed E-state index contributed by atoms with van der Waals surface area (Å²) in [6.45, 7) is 1.23. The second kappa shape index (κ2) is 4.89. The van der Waals surface area contributed by atoms with Crippen molar-refractivity contribution in [2.75, 3.05) is 11.4 Å². The van der Waals surface area contributed by atoms with Crippen LogP contribution in [-0.4, -0.2) is 12.6 Å². The van der Waals surface area contributed by atoms with Gasteiger partial charge in [0, 0.05) is 24.2 Å². The minimum atomic E-state index is 0.629. The van der Waals surface area contributed by atoms with Crippen molar-refractivity contribution >= 4 is 17.3 Å². The molecule has 2 unspecified atom stereocenters. The smallest absolute Gasteiger partial charge is 0.0494 e. The van der Waals surface area contributed by atoms with E-state index in [0.717, 1.165) is 12.0 Å². The van der Waals surface area contributed by atoms with E-state index in [9.17, 15) is 0 Å². The molecule has 92 valence electrons. The van der Waals surface area contributed by atoms with Gasteiger partial charge >= 0.3 is 0 Å². The van der Waals surface area contributed by atoms with Crippen molar-refractivity contribution in [1.29, 1.82) is 0 Å². The number of hydrogen-bond acceptors (Lipinski definition) is 1. The molecule has 1 aliphatic carbocycles. The molecule has 0 spiro atoms. The average Bonchev–Trinajstić information content (AvgIpc) is 2.82. The lowest BCUT2D eigenvalue weighted by molar-refractivity contribution is 0.342. The molecule has 1 heterocycles. The minimum absolute atomic E-state index is 0.629. The second-order valence-corrected chi connectivity index (χ2v) is 5.62. The summed E-state index contributed by atoms with van der Waals surface area (Å²) < 4.78 is 0. The third-order valence-corrected chi connectivity index (χ3v) is 4.74. The highest BCUT2D eigenvalue weighted by Gasteiger charge is 2.36. The zero-order chi connectivity index (χ0) is 11.7. The largest absolute Gasteiger partial charge is 0.368 e. The van der Waals surface area contributed by atoms with E-state index in [0.29, 0.717) is 5.88 Å². The minimum Gasteiger partial charge on any atom is -0.368 e. The molecule has 0 N–H and O–H groups in total. The maximum absolute atomic E-state index is 6.06. The zero-order valence-electron chi connectivity index (χ0n) is 10.2. The Bertz CT molecular complexity index is 390. The Kier molecular flexibility index (Phi) is 3.28. The van der Waals surface area contributed by atoms with Gasteiger partial charge in [0.1, 0.15) is 0 Å². The maximum atomic E-state index is 6.06. The Hall–Kier alpha value is -0.690. The fraction of sp³-hybridized carbons (Fsp3) is 0.600. The number of nitrogens with zero attached hydrogens (tertiary/aromatic N) is 1. The highest BCUT2D eigenvalue weighted by atomic mass is 35.5. The SMILES string of the molecule is ClCc1ccccc1N1CCC2CCCCC21. The molecule has 1 aromatic carbocycles. The number of benzene rings is 1. The molecule has 17 heavy (non-hydrogen) atoms. The van der Waals surface area contributed by atoms with Crippen LogP contribution >= 0.6 is 11.6 Å². The van der Waals surface area contributed by atoms with E-state index in [-0.39, 0.29) is 0 Å². The van der Waals surface area contributed by atoms with E-state index < -0.39 is 0 Å². The van der Waals surface area contributed by atoms with E-state index >= 15 is 0 Å². The summed E-state index contributed by atoms with van der Waals surface area (Å²) in [4.78, 5) is 2.63. The molecule has 1 nitrogen and oxygen atoms in total. The van der Waals surface area contributed by atoms with Gasteiger partial charge in [-0.2, -0.15) is 0 Å². The molecule has 0 amide bonds. The van der Waals surface area contributed by atoms with E-state index in [1.807, 2.05) is 0 Å². The van der Waals surface area contributed by atoms with Crippen LogP contribution in [0.25, 0.3) is 0 Å². The van der Waals surface area contributed by atoms with Crippen LogP contribution in [-0.2, 0) is 5.88 Å². The molecule has 0 radical (unpaired) electrons. The van der Waals surface area contributed by atoms with Gasteiger partial charge in [0.05, 0.1) is 0 Å². The number of hydrogen-bond donors (Lipinski definition) is 0. The van der Waals surface area contributed by atoms with E-state index in [1.54, 1.807) is 0 Å². The molecule has 0 bridgehead atoms. The van der Waals surface area contributed by atoms with Crippen molar-refractivity contribution in [3.63, 3.8) is 0 Å². The molecule has 2 fully saturated rings. The number of para-hydroxylation sites is 1. The summed E-state index contributed by atoms with van der Waals surface area (Å²) in [6.07, 6.45) is 7.03. The second-order valence-electron chi connectivity index (χ2n) is 5.36. The maximum Gasteiger partial charge on any atom is 0.0494 e. The lowest BCUT2D eigenvalue weighted by Gasteiger charge is -2.34. The van der Waals surface area contributed by atoms with Crippen LogP contribution < -0.4 is 4.90 Å². The Balaban J connectivity index is 1.88. The first-order valence-electron chi connectivity index (χ1n) is 6.80. The summed E-state index contributed by atoms with van der Waals surface area (Å²) in [6, 6.07) is 9.43. The van der Waals surface area contributed by atoms with Gasteiger partial charge in [-0.05, 0) is 36.8 Å². The van der Waals surface area contributed by atoms with Crippen molar-refractivity contribution in [3.8, 4) is 0 Å². The van der Waals surface area contributed by atoms with Gasteiger partial charge in [-0.1, -0.05) is 31.0 Å². The monoisotopic (exact) mass is 249 g/mol. The molecule has 1 aliphatic heterocycles. The van der Waals surface area contributed by atoms with E-state index in [2.05, 4.69) is 29.2 Å². The molecule has 1 saturated carbocycles. The van der Waals surface area contributed by atoms with Gasteiger partial charge in [0.25, 0.3) is 0 Å². The quantitative estimate of drug-likeness (QED) is 0.711. The Morgan fingerprint density at radius 1 is 1.12 bits per heavy atom. The van der Waals surface area contributed by atoms with Gasteiger partial charge < -0.3 is 4.90 Å². The first kappa shape index (κ1) is 11.4. The summed E-state index contributed by atoms with van der Waals surface area (Å²) in [7, 11) is 0. The molecule has 1 saturated heterocycles. The lowest BCUT2D eigenvalue weighted by atomic mass is 9.85. The summed E-state index contributed by atoms with van der Waals surface area (Å²) in [5.41, 5.74) is 2.68. The van der Waals surface area contributed by atoms with Crippen LogP contribution in [0.5, 0.6) is 0 Å². The van der Waals surface area contributed by atoms with Crippen molar-refractivity contribution in [2.45, 2.75) is 44.0 Å². The molecular weight excluding hydrogens is 230 g/mol. The van der Waals surface area contributed by atoms with Crippen LogP contribution in [0.3, 0.4) is 0 Å². The summed E-state index contributed by atoms with van der Waals surface area (Å²) >= 11 is 6.06. The van der Waals surface area contributed by atoms with Gasteiger partial charge in [-0.25, -0.2) is 0 Å². The van der Waals surface area contributed by atoms with Gasteiger partial charge in [0.15, 0.2) is 0 Å². The highest BCUT2D eigenvalue weighted by Crippen LogP contribution is 2.39. The highest BCUT2D eigenvalue weighted by molar-refractivity contribution is 6.17. The predicted octanol–water partition coefficient (Wildman–Crippen LogP) is 4.19. The van der Waals surface area contributed by atoms with Gasteiger partial charge in [-0.15, -0.1) is 11.6 Å². The van der Waals surface area contributed by atoms with Crippen molar-refractivity contribution < 1.29 is 0 Å². The van der Waals surface area contributed by atoms with Gasteiger partial charge in [0.2, 0.25) is 0 Å². The molecule has 2 atom stereocenters. The fourth-order valence-electron chi connectivity index (χ4n) is 3.61. The molecular formula is C15H20ClN. The van der Waals surface area contributed by atoms with Crippen LogP contribution in [0.15, 0.2) is 24.3 Å². The first-order valence-corrected chi connectivity index (χ1v) is 7.34. The molecule has 2 heteroatoms. The third-order valence-electron chi connectivity index (χ3n) is 4.46. The summed E-state index contributed by atoms with van der Waals surface area (Å²) in [5.74, 6) is 1.57. The van der Waals surface area contributed by atoms with Crippen molar-refractivity contribution in [2.24, 2.45) is 5.92 Å². The normalized spacial score (nSPS) is 28.2. The topological polar surface area (TPSA) is 3.24 Å². The third kappa shape index (κ3) is 2.06. The van der Waals surface area contributed by atoms with E-state index in [4.69, 9.17) is 11.6 Å². The number of fused-ring (bicyclic) bond motifs is 1. The van der Waals surface area contributed by atoms with Crippen LogP contribution in [0.2, 0.25) is 0 Å². The zero-order valence-corrected chi connectivity index (χ0v) is 11.0. The first-order chi connectivity index (χ1) is 8.40. The number of rotatable bonds is 2. The molecule has 1 aromatic rings. The molecule has 0 aromatic heterocycles. The Labute approximate surface area is 109 Å². The molecule has 2 aliphatic rings. The standard InChI is InChI=1S/C15H20ClN/c16-11-13-6-2-4-8-15(13)17-10-9-12-5-1-3-7-14(12)17/h2,4,6,8,12,14H,1,3,5,7,9-11H2. The van der Waals surface area contributed by atoms with Crippen LogP contribution in [0.1, 0.15) is 37.7 Å². The Morgan fingerprint density at radius 3 is 2.82 bits per heavy atom.